The van der Waals surface area contributed by atoms with Gasteiger partial charge in [0.25, 0.3) is 0 Å². The molecule has 0 saturated carbocycles. The van der Waals surface area contributed by atoms with E-state index in [0.29, 0.717) is 0 Å². The van der Waals surface area contributed by atoms with Crippen LogP contribution in [0.5, 0.6) is 0 Å². The standard InChI is InChI=1S/C11H8F3NS/c12-8-3-7(4-9(13)10(8)14)11(15)6-1-2-16-5-6/h1-5,11H,15H2. The van der Waals surface area contributed by atoms with Gasteiger partial charge in [0.1, 0.15) is 0 Å². The first kappa shape index (κ1) is 11.2. The summed E-state index contributed by atoms with van der Waals surface area (Å²) in [5.41, 5.74) is 6.76. The van der Waals surface area contributed by atoms with E-state index in [9.17, 15) is 13.2 Å². The number of nitrogens with two attached hydrogens (primary N) is 1. The molecule has 0 aliphatic heterocycles. The lowest BCUT2D eigenvalue weighted by atomic mass is 10.0. The zero-order valence-electron chi connectivity index (χ0n) is 8.08. The molecule has 0 spiro atoms. The molecular formula is C11H8F3NS. The van der Waals surface area contributed by atoms with Crippen molar-refractivity contribution in [1.82, 2.24) is 0 Å². The van der Waals surface area contributed by atoms with E-state index in [1.165, 1.54) is 11.3 Å². The van der Waals surface area contributed by atoms with Crippen molar-refractivity contribution >= 4 is 11.3 Å². The Balaban J connectivity index is 2.42. The summed E-state index contributed by atoms with van der Waals surface area (Å²) in [5, 5.41) is 3.59. The van der Waals surface area contributed by atoms with Crippen LogP contribution in [0.1, 0.15) is 17.2 Å². The van der Waals surface area contributed by atoms with Crippen molar-refractivity contribution in [2.45, 2.75) is 6.04 Å². The molecule has 16 heavy (non-hydrogen) atoms. The van der Waals surface area contributed by atoms with Crippen LogP contribution in [0.25, 0.3) is 0 Å². The van der Waals surface area contributed by atoms with Gasteiger partial charge in [-0.3, -0.25) is 0 Å². The van der Waals surface area contributed by atoms with E-state index in [1.54, 1.807) is 11.4 Å². The minimum absolute atomic E-state index is 0.217. The fraction of sp³-hybridized carbons (Fsp3) is 0.0909. The SMILES string of the molecule is NC(c1ccsc1)c1cc(F)c(F)c(F)c1. The third-order valence-corrected chi connectivity index (χ3v) is 2.97. The molecular weight excluding hydrogens is 235 g/mol. The summed E-state index contributed by atoms with van der Waals surface area (Å²) >= 11 is 1.43. The number of hydrogen-bond donors (Lipinski definition) is 1. The molecule has 0 aliphatic carbocycles. The lowest BCUT2D eigenvalue weighted by molar-refractivity contribution is 0.444. The lowest BCUT2D eigenvalue weighted by Gasteiger charge is -2.11. The normalized spacial score (nSPS) is 12.8. The van der Waals surface area contributed by atoms with Crippen LogP contribution in [0.4, 0.5) is 13.2 Å². The fourth-order valence-electron chi connectivity index (χ4n) is 1.40. The van der Waals surface area contributed by atoms with Gasteiger partial charge < -0.3 is 5.73 Å². The zero-order chi connectivity index (χ0) is 11.7. The van der Waals surface area contributed by atoms with Gasteiger partial charge in [-0.15, -0.1) is 0 Å². The highest BCUT2D eigenvalue weighted by atomic mass is 32.1. The second kappa shape index (κ2) is 4.27. The van der Waals surface area contributed by atoms with Crippen LogP contribution in [0.3, 0.4) is 0 Å². The first-order valence-corrected chi connectivity index (χ1v) is 5.46. The van der Waals surface area contributed by atoms with Gasteiger partial charge in [0.05, 0.1) is 6.04 Å². The molecule has 1 nitrogen and oxygen atoms in total. The molecule has 1 atom stereocenters. The summed E-state index contributed by atoms with van der Waals surface area (Å²) in [5.74, 6) is -3.91. The van der Waals surface area contributed by atoms with Crippen LogP contribution >= 0.6 is 11.3 Å². The van der Waals surface area contributed by atoms with Crippen molar-refractivity contribution < 1.29 is 13.2 Å². The van der Waals surface area contributed by atoms with Crippen molar-refractivity contribution in [1.29, 1.82) is 0 Å². The van der Waals surface area contributed by atoms with Crippen LogP contribution in [0.15, 0.2) is 29.0 Å². The highest BCUT2D eigenvalue weighted by molar-refractivity contribution is 7.08. The smallest absolute Gasteiger partial charge is 0.194 e. The molecule has 2 N–H and O–H groups in total. The number of benzene rings is 1. The predicted molar refractivity (Wildman–Crippen MR) is 56.7 cm³/mol. The summed E-state index contributed by atoms with van der Waals surface area (Å²) in [6, 6.07) is 2.95. The van der Waals surface area contributed by atoms with Crippen LogP contribution in [0, 0.1) is 17.5 Å². The van der Waals surface area contributed by atoms with E-state index < -0.39 is 23.5 Å². The maximum Gasteiger partial charge on any atom is 0.194 e. The summed E-state index contributed by atoms with van der Waals surface area (Å²) in [6.45, 7) is 0. The Morgan fingerprint density at radius 3 is 2.19 bits per heavy atom. The highest BCUT2D eigenvalue weighted by Crippen LogP contribution is 2.24. The molecule has 1 aromatic heterocycles. The lowest BCUT2D eigenvalue weighted by Crippen LogP contribution is -2.12. The fourth-order valence-corrected chi connectivity index (χ4v) is 2.10. The molecule has 0 saturated heterocycles. The van der Waals surface area contributed by atoms with E-state index in [0.717, 1.165) is 17.7 Å². The molecule has 1 unspecified atom stereocenters. The molecule has 84 valence electrons. The Bertz CT molecular complexity index is 473. The van der Waals surface area contributed by atoms with Crippen molar-refractivity contribution in [2.24, 2.45) is 5.73 Å². The van der Waals surface area contributed by atoms with Crippen molar-refractivity contribution in [3.63, 3.8) is 0 Å². The quantitative estimate of drug-likeness (QED) is 0.805. The van der Waals surface area contributed by atoms with Gasteiger partial charge in [0, 0.05) is 0 Å². The number of thiophene rings is 1. The summed E-state index contributed by atoms with van der Waals surface area (Å²) in [7, 11) is 0. The monoisotopic (exact) mass is 243 g/mol. The van der Waals surface area contributed by atoms with Gasteiger partial charge in [-0.25, -0.2) is 13.2 Å². The Morgan fingerprint density at radius 1 is 1.06 bits per heavy atom. The highest BCUT2D eigenvalue weighted by Gasteiger charge is 2.16. The Labute approximate surface area is 94.3 Å². The Kier molecular flexibility index (Phi) is 2.98. The number of halogens is 3. The van der Waals surface area contributed by atoms with Gasteiger partial charge in [-0.2, -0.15) is 11.3 Å². The largest absolute Gasteiger partial charge is 0.320 e. The molecule has 2 aromatic rings. The third-order valence-electron chi connectivity index (χ3n) is 2.27. The Morgan fingerprint density at radius 2 is 1.69 bits per heavy atom. The molecule has 0 aliphatic rings. The van der Waals surface area contributed by atoms with E-state index in [1.807, 2.05) is 5.38 Å². The maximum absolute atomic E-state index is 13.0. The second-order valence-electron chi connectivity index (χ2n) is 3.33. The van der Waals surface area contributed by atoms with E-state index in [-0.39, 0.29) is 5.56 Å². The van der Waals surface area contributed by atoms with Gasteiger partial charge >= 0.3 is 0 Å². The molecule has 0 fully saturated rings. The average Bonchev–Trinajstić information content (AvgIpc) is 2.77. The van der Waals surface area contributed by atoms with Crippen molar-refractivity contribution in [3.8, 4) is 0 Å². The van der Waals surface area contributed by atoms with E-state index >= 15 is 0 Å². The first-order valence-electron chi connectivity index (χ1n) is 4.51. The predicted octanol–water partition coefficient (Wildman–Crippen LogP) is 3.21. The first-order chi connectivity index (χ1) is 7.59. The van der Waals surface area contributed by atoms with Gasteiger partial charge in [-0.1, -0.05) is 0 Å². The van der Waals surface area contributed by atoms with Crippen molar-refractivity contribution in [3.05, 3.63) is 57.5 Å². The van der Waals surface area contributed by atoms with Crippen LogP contribution < -0.4 is 5.73 Å². The summed E-state index contributed by atoms with van der Waals surface area (Å²) in [6.07, 6.45) is 0. The Hall–Kier alpha value is -1.33. The molecule has 0 amide bonds. The summed E-state index contributed by atoms with van der Waals surface area (Å²) < 4.78 is 38.7. The van der Waals surface area contributed by atoms with Crippen LogP contribution in [-0.4, -0.2) is 0 Å². The number of rotatable bonds is 2. The molecule has 2 rings (SSSR count). The topological polar surface area (TPSA) is 26.0 Å². The van der Waals surface area contributed by atoms with Gasteiger partial charge in [-0.05, 0) is 40.1 Å². The molecule has 0 radical (unpaired) electrons. The molecule has 0 bridgehead atoms. The average molecular weight is 243 g/mol. The van der Waals surface area contributed by atoms with Gasteiger partial charge in [0.15, 0.2) is 17.5 Å². The minimum Gasteiger partial charge on any atom is -0.320 e. The van der Waals surface area contributed by atoms with E-state index in [4.69, 9.17) is 5.73 Å². The molecule has 1 heterocycles. The molecule has 5 heteroatoms. The van der Waals surface area contributed by atoms with Crippen LogP contribution in [0.2, 0.25) is 0 Å². The van der Waals surface area contributed by atoms with Crippen LogP contribution in [-0.2, 0) is 0 Å². The minimum atomic E-state index is -1.47. The summed E-state index contributed by atoms with van der Waals surface area (Å²) in [4.78, 5) is 0. The van der Waals surface area contributed by atoms with E-state index in [2.05, 4.69) is 0 Å². The third kappa shape index (κ3) is 1.96. The maximum atomic E-state index is 13.0. The molecule has 1 aromatic carbocycles. The van der Waals surface area contributed by atoms with Gasteiger partial charge in [0.2, 0.25) is 0 Å². The second-order valence-corrected chi connectivity index (χ2v) is 4.11. The zero-order valence-corrected chi connectivity index (χ0v) is 8.90. The van der Waals surface area contributed by atoms with Crippen molar-refractivity contribution in [2.75, 3.05) is 0 Å². The number of hydrogen-bond acceptors (Lipinski definition) is 2.